The van der Waals surface area contributed by atoms with Crippen molar-refractivity contribution in [2.75, 3.05) is 4.90 Å². The normalized spacial score (nSPS) is 11.3. The zero-order valence-corrected chi connectivity index (χ0v) is 51.6. The fourth-order valence-corrected chi connectivity index (χ4v) is 13.4. The van der Waals surface area contributed by atoms with E-state index in [9.17, 15) is 0 Å². The van der Waals surface area contributed by atoms with Crippen molar-refractivity contribution < 1.29 is 8.83 Å². The Bertz CT molecular complexity index is 5510. The predicted molar refractivity (Wildman–Crippen MR) is 395 cm³/mol. The fraction of sp³-hybridized carbons (Fsp3) is 0.0112. The zero-order chi connectivity index (χ0) is 62.0. The Morgan fingerprint density at radius 2 is 0.538 bits per heavy atom. The second-order valence-corrected chi connectivity index (χ2v) is 24.1. The van der Waals surface area contributed by atoms with Gasteiger partial charge in [-0.3, -0.25) is 0 Å². The Hall–Kier alpha value is -11.8. The molecule has 0 spiro atoms. The van der Waals surface area contributed by atoms with Crippen molar-refractivity contribution in [3.05, 3.63) is 368 Å². The number of rotatable bonds is 9. The highest BCUT2D eigenvalue weighted by Crippen LogP contribution is 2.44. The Kier molecular flexibility index (Phi) is 15.1. The van der Waals surface area contributed by atoms with Gasteiger partial charge in [-0.15, -0.1) is 0 Å². The summed E-state index contributed by atoms with van der Waals surface area (Å²) in [6.45, 7) is 0. The molecule has 0 aliphatic carbocycles. The number of nitrogens with zero attached hydrogens (tertiary/aromatic N) is 1. The molecule has 0 saturated carbocycles. The Balaban J connectivity index is 0.000000122. The molecular formula is C89H60ClNO2. The highest BCUT2D eigenvalue weighted by Gasteiger charge is 2.19. The maximum absolute atomic E-state index is 6.31. The molecule has 0 amide bonds. The van der Waals surface area contributed by atoms with Gasteiger partial charge in [0.2, 0.25) is 0 Å². The van der Waals surface area contributed by atoms with Crippen molar-refractivity contribution in [2.24, 2.45) is 0 Å². The monoisotopic (exact) mass is 1210 g/mol. The molecule has 0 N–H and O–H groups in total. The molecule has 0 fully saturated rings. The molecule has 0 saturated heterocycles. The first-order valence-corrected chi connectivity index (χ1v) is 32.0. The van der Waals surface area contributed by atoms with Crippen LogP contribution in [-0.4, -0.2) is 0 Å². The Morgan fingerprint density at radius 3 is 0.957 bits per heavy atom. The van der Waals surface area contributed by atoms with Crippen LogP contribution in [-0.2, 0) is 6.42 Å². The quantitative estimate of drug-likeness (QED) is 0.135. The molecule has 3 nitrogen and oxygen atoms in total. The molecule has 4 heteroatoms. The third kappa shape index (κ3) is 11.3. The Labute approximate surface area is 544 Å². The maximum atomic E-state index is 6.31. The minimum atomic E-state index is 0.754. The molecule has 0 bridgehead atoms. The highest BCUT2D eigenvalue weighted by atomic mass is 35.5. The van der Waals surface area contributed by atoms with Gasteiger partial charge in [0.1, 0.15) is 22.3 Å². The summed E-state index contributed by atoms with van der Waals surface area (Å²) in [6, 6.07) is 124. The highest BCUT2D eigenvalue weighted by molar-refractivity contribution is 6.33. The average Bonchev–Trinajstić information content (AvgIpc) is 1.71. The lowest BCUT2D eigenvalue weighted by Gasteiger charge is -2.26. The van der Waals surface area contributed by atoms with Crippen molar-refractivity contribution >= 4 is 116 Å². The molecule has 0 aliphatic heterocycles. The second-order valence-electron chi connectivity index (χ2n) is 23.6. The molecule has 93 heavy (non-hydrogen) atoms. The number of benzene rings is 16. The standard InChI is InChI=1S/C44H29NO.C25H20.C20H11ClO/c1-3-9-30(10-4-1)32-17-23-36(24-18-32)45(37-25-19-33(20-26-37)31-11-5-2-6-12-31)38-27-21-34-15-16-35-22-28-42-44(43(35)40(34)29-38)39-13-7-8-14-41(39)46-42;1-3-7-22(8-4-1)24-15-11-20(12-16-24)19-21-13-17-25(18-14-21)23-9-5-2-6-10-23;21-14-9-7-12-5-6-13-8-10-18-20(19(13)16(12)11-14)15-3-1-2-4-17(15)22-18/h1-29H;1-18H,19H2;1-11H. The number of furan rings is 2. The summed E-state index contributed by atoms with van der Waals surface area (Å²) in [5.74, 6) is 0. The van der Waals surface area contributed by atoms with E-state index in [0.29, 0.717) is 0 Å². The molecule has 18 aromatic rings. The molecule has 2 heterocycles. The largest absolute Gasteiger partial charge is 0.456 e. The van der Waals surface area contributed by atoms with Crippen LogP contribution in [0.5, 0.6) is 0 Å². The van der Waals surface area contributed by atoms with Crippen LogP contribution in [0.1, 0.15) is 11.1 Å². The minimum Gasteiger partial charge on any atom is -0.456 e. The summed E-state index contributed by atoms with van der Waals surface area (Å²) in [7, 11) is 0. The zero-order valence-electron chi connectivity index (χ0n) is 50.8. The summed E-state index contributed by atoms with van der Waals surface area (Å²) in [5.41, 5.74) is 19.5. The predicted octanol–water partition coefficient (Wildman–Crippen LogP) is 25.9. The van der Waals surface area contributed by atoms with Crippen LogP contribution in [0.3, 0.4) is 0 Å². The maximum Gasteiger partial charge on any atom is 0.136 e. The molecule has 0 unspecified atom stereocenters. The minimum absolute atomic E-state index is 0.754. The van der Waals surface area contributed by atoms with Crippen LogP contribution in [0.25, 0.3) is 131 Å². The van der Waals surface area contributed by atoms with E-state index in [0.717, 1.165) is 61.6 Å². The van der Waals surface area contributed by atoms with E-state index in [2.05, 4.69) is 314 Å². The van der Waals surface area contributed by atoms with Gasteiger partial charge >= 0.3 is 0 Å². The molecule has 0 atom stereocenters. The van der Waals surface area contributed by atoms with E-state index in [1.165, 1.54) is 109 Å². The summed E-state index contributed by atoms with van der Waals surface area (Å²) in [6.07, 6.45) is 0.962. The van der Waals surface area contributed by atoms with Crippen LogP contribution in [0.4, 0.5) is 17.1 Å². The van der Waals surface area contributed by atoms with Gasteiger partial charge in [-0.05, 0) is 167 Å². The Morgan fingerprint density at radius 1 is 0.226 bits per heavy atom. The van der Waals surface area contributed by atoms with Crippen LogP contribution < -0.4 is 4.90 Å². The second kappa shape index (κ2) is 24.9. The van der Waals surface area contributed by atoms with Gasteiger partial charge in [0, 0.05) is 54.4 Å². The number of fused-ring (bicyclic) bond motifs is 14. The van der Waals surface area contributed by atoms with Gasteiger partial charge in [-0.2, -0.15) is 0 Å². The molecular weight excluding hydrogens is 1150 g/mol. The van der Waals surface area contributed by atoms with E-state index in [1.807, 2.05) is 42.5 Å². The van der Waals surface area contributed by atoms with Gasteiger partial charge in [0.25, 0.3) is 0 Å². The number of para-hydroxylation sites is 2. The van der Waals surface area contributed by atoms with E-state index >= 15 is 0 Å². The van der Waals surface area contributed by atoms with Gasteiger partial charge in [-0.25, -0.2) is 0 Å². The van der Waals surface area contributed by atoms with Crippen molar-refractivity contribution in [1.82, 2.24) is 0 Å². The molecule has 440 valence electrons. The molecule has 2 aromatic heterocycles. The van der Waals surface area contributed by atoms with E-state index in [-0.39, 0.29) is 0 Å². The molecule has 16 aromatic carbocycles. The average molecular weight is 1210 g/mol. The molecule has 18 rings (SSSR count). The van der Waals surface area contributed by atoms with Gasteiger partial charge in [-0.1, -0.05) is 291 Å². The summed E-state index contributed by atoms with van der Waals surface area (Å²) < 4.78 is 12.3. The lowest BCUT2D eigenvalue weighted by molar-refractivity contribution is 0.669. The third-order valence-corrected chi connectivity index (χ3v) is 18.1. The number of hydrogen-bond acceptors (Lipinski definition) is 3. The van der Waals surface area contributed by atoms with Gasteiger partial charge in [0.05, 0.1) is 0 Å². The van der Waals surface area contributed by atoms with Crippen molar-refractivity contribution in [3.8, 4) is 44.5 Å². The summed E-state index contributed by atoms with van der Waals surface area (Å²) >= 11 is 6.24. The van der Waals surface area contributed by atoms with Crippen LogP contribution in [0, 0.1) is 0 Å². The third-order valence-electron chi connectivity index (χ3n) is 17.9. The van der Waals surface area contributed by atoms with E-state index in [1.54, 1.807) is 0 Å². The van der Waals surface area contributed by atoms with Gasteiger partial charge < -0.3 is 13.7 Å². The first kappa shape index (κ1) is 56.5. The molecule has 0 aliphatic rings. The van der Waals surface area contributed by atoms with Crippen LogP contribution in [0.15, 0.2) is 361 Å². The first-order valence-electron chi connectivity index (χ1n) is 31.6. The lowest BCUT2D eigenvalue weighted by atomic mass is 9.96. The topological polar surface area (TPSA) is 29.5 Å². The number of hydrogen-bond donors (Lipinski definition) is 0. The van der Waals surface area contributed by atoms with Crippen LogP contribution >= 0.6 is 11.6 Å². The van der Waals surface area contributed by atoms with E-state index < -0.39 is 0 Å². The van der Waals surface area contributed by atoms with Crippen molar-refractivity contribution in [1.29, 1.82) is 0 Å². The smallest absolute Gasteiger partial charge is 0.136 e. The molecule has 0 radical (unpaired) electrons. The van der Waals surface area contributed by atoms with Crippen LogP contribution in [0.2, 0.25) is 5.02 Å². The summed E-state index contributed by atoms with van der Waals surface area (Å²) in [4.78, 5) is 2.36. The van der Waals surface area contributed by atoms with E-state index in [4.69, 9.17) is 20.4 Å². The number of anilines is 3. The fourth-order valence-electron chi connectivity index (χ4n) is 13.3. The SMILES string of the molecule is Clc1ccc2ccc3ccc4oc5ccccc5c4c3c2c1.c1ccc(-c2ccc(Cc3ccc(-c4ccccc4)cc3)cc2)cc1.c1ccc(-c2ccc(N(c3ccc(-c4ccccc4)cc3)c3ccc4ccc5ccc6oc7ccccc7c6c5c4c3)cc2)cc1. The summed E-state index contributed by atoms with van der Waals surface area (Å²) in [5, 5.41) is 15.0. The van der Waals surface area contributed by atoms with Gasteiger partial charge in [0.15, 0.2) is 0 Å². The van der Waals surface area contributed by atoms with Crippen molar-refractivity contribution in [3.63, 3.8) is 0 Å². The van der Waals surface area contributed by atoms with Crippen molar-refractivity contribution in [2.45, 2.75) is 6.42 Å². The first-order chi connectivity index (χ1) is 46.0. The number of halogens is 1. The lowest BCUT2D eigenvalue weighted by Crippen LogP contribution is -2.09.